The van der Waals surface area contributed by atoms with Gasteiger partial charge in [-0.25, -0.2) is 0 Å². The van der Waals surface area contributed by atoms with E-state index in [1.54, 1.807) is 0 Å². The first-order chi connectivity index (χ1) is 7.13. The Labute approximate surface area is 91.5 Å². The highest BCUT2D eigenvalue weighted by Crippen LogP contribution is 2.36. The molecule has 0 radical (unpaired) electrons. The largest absolute Gasteiger partial charge is 0.393 e. The molecule has 15 heavy (non-hydrogen) atoms. The molecule has 3 nitrogen and oxygen atoms in total. The fourth-order valence-corrected chi connectivity index (χ4v) is 2.94. The second-order valence-electron chi connectivity index (χ2n) is 5.07. The predicted molar refractivity (Wildman–Crippen MR) is 58.4 cm³/mol. The first-order valence-electron chi connectivity index (χ1n) is 6.13. The van der Waals surface area contributed by atoms with Crippen molar-refractivity contribution < 1.29 is 9.90 Å². The van der Waals surface area contributed by atoms with Crippen molar-refractivity contribution in [2.24, 2.45) is 5.92 Å². The molecule has 0 aliphatic carbocycles. The van der Waals surface area contributed by atoms with E-state index in [-0.39, 0.29) is 12.0 Å². The fraction of sp³-hybridized carbons (Fsp3) is 0.917. The lowest BCUT2D eigenvalue weighted by molar-refractivity contribution is -0.141. The summed E-state index contributed by atoms with van der Waals surface area (Å²) >= 11 is 0. The van der Waals surface area contributed by atoms with Crippen LogP contribution in [0.2, 0.25) is 0 Å². The van der Waals surface area contributed by atoms with E-state index in [2.05, 4.69) is 11.8 Å². The smallest absolute Gasteiger partial charge is 0.225 e. The van der Waals surface area contributed by atoms with E-state index in [0.717, 1.165) is 32.1 Å². The molecule has 0 aromatic rings. The Morgan fingerprint density at radius 1 is 1.40 bits per heavy atom. The van der Waals surface area contributed by atoms with Gasteiger partial charge in [-0.05, 0) is 32.1 Å². The lowest BCUT2D eigenvalue weighted by Gasteiger charge is -2.38. The van der Waals surface area contributed by atoms with E-state index in [0.29, 0.717) is 18.0 Å². The Morgan fingerprint density at radius 3 is 2.40 bits per heavy atom. The highest BCUT2D eigenvalue weighted by molar-refractivity contribution is 5.79. The third-order valence-electron chi connectivity index (χ3n) is 4.00. The van der Waals surface area contributed by atoms with E-state index in [9.17, 15) is 9.90 Å². The van der Waals surface area contributed by atoms with E-state index in [1.807, 2.05) is 6.92 Å². The number of aliphatic hydroxyl groups excluding tert-OH is 1. The number of piperidine rings is 1. The van der Waals surface area contributed by atoms with Crippen LogP contribution in [0.1, 0.15) is 46.0 Å². The monoisotopic (exact) mass is 211 g/mol. The summed E-state index contributed by atoms with van der Waals surface area (Å²) in [6.07, 6.45) is 4.49. The molecule has 0 saturated carbocycles. The van der Waals surface area contributed by atoms with Crippen molar-refractivity contribution in [2.75, 3.05) is 0 Å². The average Bonchev–Trinajstić information content (AvgIpc) is 2.49. The predicted octanol–water partition coefficient (Wildman–Crippen LogP) is 1.55. The van der Waals surface area contributed by atoms with Gasteiger partial charge in [0.05, 0.1) is 6.10 Å². The van der Waals surface area contributed by atoms with E-state index in [4.69, 9.17) is 0 Å². The van der Waals surface area contributed by atoms with Crippen molar-refractivity contribution in [3.05, 3.63) is 0 Å². The van der Waals surface area contributed by atoms with Crippen LogP contribution in [0.15, 0.2) is 0 Å². The van der Waals surface area contributed by atoms with Crippen molar-refractivity contribution >= 4 is 5.91 Å². The first-order valence-corrected chi connectivity index (χ1v) is 6.13. The molecule has 2 saturated heterocycles. The van der Waals surface area contributed by atoms with Crippen molar-refractivity contribution in [2.45, 2.75) is 64.1 Å². The molecule has 2 rings (SSSR count). The molecule has 2 aliphatic rings. The molecule has 0 aromatic carbocycles. The minimum Gasteiger partial charge on any atom is -0.393 e. The highest BCUT2D eigenvalue weighted by atomic mass is 16.3. The average molecular weight is 211 g/mol. The zero-order valence-electron chi connectivity index (χ0n) is 9.65. The molecule has 1 amide bonds. The SMILES string of the molecule is CCC(C)C(=O)N1C2CCC1CC(O)C2. The van der Waals surface area contributed by atoms with Gasteiger partial charge >= 0.3 is 0 Å². The van der Waals surface area contributed by atoms with Gasteiger partial charge in [0.1, 0.15) is 0 Å². The van der Waals surface area contributed by atoms with Crippen LogP contribution in [0.4, 0.5) is 0 Å². The van der Waals surface area contributed by atoms with Crippen LogP contribution in [0.25, 0.3) is 0 Å². The molecule has 0 aromatic heterocycles. The summed E-state index contributed by atoms with van der Waals surface area (Å²) in [6.45, 7) is 4.07. The maximum atomic E-state index is 12.1. The van der Waals surface area contributed by atoms with Gasteiger partial charge in [0, 0.05) is 18.0 Å². The molecular formula is C12H21NO2. The lowest BCUT2D eigenvalue weighted by atomic mass is 9.97. The minimum atomic E-state index is -0.177. The Balaban J connectivity index is 2.08. The van der Waals surface area contributed by atoms with E-state index >= 15 is 0 Å². The summed E-state index contributed by atoms with van der Waals surface area (Å²) in [5, 5.41) is 9.65. The van der Waals surface area contributed by atoms with Crippen LogP contribution >= 0.6 is 0 Å². The molecule has 0 spiro atoms. The topological polar surface area (TPSA) is 40.5 Å². The first kappa shape index (κ1) is 10.9. The van der Waals surface area contributed by atoms with Gasteiger partial charge in [0.25, 0.3) is 0 Å². The number of carbonyl (C=O) groups excluding carboxylic acids is 1. The lowest BCUT2D eigenvalue weighted by Crippen LogP contribution is -2.49. The summed E-state index contributed by atoms with van der Waals surface area (Å²) in [7, 11) is 0. The van der Waals surface area contributed by atoms with Gasteiger partial charge in [-0.1, -0.05) is 13.8 Å². The molecule has 3 heteroatoms. The molecule has 2 fully saturated rings. The second-order valence-corrected chi connectivity index (χ2v) is 5.07. The van der Waals surface area contributed by atoms with Gasteiger partial charge in [-0.15, -0.1) is 0 Å². The van der Waals surface area contributed by atoms with Gasteiger partial charge in [0.15, 0.2) is 0 Å². The molecule has 2 aliphatic heterocycles. The third kappa shape index (κ3) is 1.89. The Hall–Kier alpha value is -0.570. The van der Waals surface area contributed by atoms with Crippen LogP contribution < -0.4 is 0 Å². The maximum Gasteiger partial charge on any atom is 0.225 e. The number of fused-ring (bicyclic) bond motifs is 2. The van der Waals surface area contributed by atoms with Gasteiger partial charge in [-0.3, -0.25) is 4.79 Å². The quantitative estimate of drug-likeness (QED) is 0.752. The summed E-state index contributed by atoms with van der Waals surface area (Å²) < 4.78 is 0. The molecular weight excluding hydrogens is 190 g/mol. The number of hydrogen-bond donors (Lipinski definition) is 1. The molecule has 86 valence electrons. The standard InChI is InChI=1S/C12H21NO2/c1-3-8(2)12(15)13-9-4-5-10(13)7-11(14)6-9/h8-11,14H,3-7H2,1-2H3. The van der Waals surface area contributed by atoms with Gasteiger partial charge in [0.2, 0.25) is 5.91 Å². The second kappa shape index (κ2) is 4.12. The fourth-order valence-electron chi connectivity index (χ4n) is 2.94. The number of hydrogen-bond acceptors (Lipinski definition) is 2. The zero-order chi connectivity index (χ0) is 11.0. The highest BCUT2D eigenvalue weighted by Gasteiger charge is 2.43. The normalized spacial score (nSPS) is 36.7. The Morgan fingerprint density at radius 2 is 1.93 bits per heavy atom. The van der Waals surface area contributed by atoms with E-state index < -0.39 is 0 Å². The third-order valence-corrected chi connectivity index (χ3v) is 4.00. The number of amides is 1. The van der Waals surface area contributed by atoms with Crippen LogP contribution in [0.3, 0.4) is 0 Å². The van der Waals surface area contributed by atoms with Gasteiger partial charge in [-0.2, -0.15) is 0 Å². The van der Waals surface area contributed by atoms with E-state index in [1.165, 1.54) is 0 Å². The van der Waals surface area contributed by atoms with Crippen molar-refractivity contribution in [3.63, 3.8) is 0 Å². The number of carbonyl (C=O) groups is 1. The minimum absolute atomic E-state index is 0.142. The molecule has 2 bridgehead atoms. The van der Waals surface area contributed by atoms with Crippen LogP contribution in [0, 0.1) is 5.92 Å². The molecule has 3 atom stereocenters. The van der Waals surface area contributed by atoms with Crippen LogP contribution in [-0.2, 0) is 4.79 Å². The summed E-state index contributed by atoms with van der Waals surface area (Å²) in [4.78, 5) is 14.2. The van der Waals surface area contributed by atoms with Crippen molar-refractivity contribution in [1.82, 2.24) is 4.90 Å². The van der Waals surface area contributed by atoms with Crippen molar-refractivity contribution in [3.8, 4) is 0 Å². The molecule has 3 unspecified atom stereocenters. The summed E-state index contributed by atoms with van der Waals surface area (Å²) in [6, 6.07) is 0.639. The molecule has 1 N–H and O–H groups in total. The number of aliphatic hydroxyl groups is 1. The van der Waals surface area contributed by atoms with Crippen molar-refractivity contribution in [1.29, 1.82) is 0 Å². The number of nitrogens with zero attached hydrogens (tertiary/aromatic N) is 1. The number of rotatable bonds is 2. The Kier molecular flexibility index (Phi) is 3.01. The zero-order valence-corrected chi connectivity index (χ0v) is 9.65. The Bertz CT molecular complexity index is 240. The summed E-state index contributed by atoms with van der Waals surface area (Å²) in [5.74, 6) is 0.445. The summed E-state index contributed by atoms with van der Waals surface area (Å²) in [5.41, 5.74) is 0. The molecule has 2 heterocycles. The van der Waals surface area contributed by atoms with Crippen LogP contribution in [0.5, 0.6) is 0 Å². The van der Waals surface area contributed by atoms with Gasteiger partial charge < -0.3 is 10.0 Å². The van der Waals surface area contributed by atoms with Crippen LogP contribution in [-0.4, -0.2) is 34.1 Å². The maximum absolute atomic E-state index is 12.1.